The van der Waals surface area contributed by atoms with Crippen LogP contribution < -0.4 is 15.8 Å². The Kier molecular flexibility index (Phi) is 5.35. The van der Waals surface area contributed by atoms with Crippen molar-refractivity contribution in [1.82, 2.24) is 5.32 Å². The number of rotatable bonds is 5. The van der Waals surface area contributed by atoms with E-state index in [1.165, 1.54) is 0 Å². The van der Waals surface area contributed by atoms with Gasteiger partial charge in [-0.05, 0) is 31.6 Å². The highest BCUT2D eigenvalue weighted by Crippen LogP contribution is 2.36. The van der Waals surface area contributed by atoms with Gasteiger partial charge in [0.15, 0.2) is 0 Å². The fourth-order valence-electron chi connectivity index (χ4n) is 1.45. The maximum absolute atomic E-state index is 6.14. The minimum absolute atomic E-state index is 0.122. The Morgan fingerprint density at radius 2 is 2.06 bits per heavy atom. The van der Waals surface area contributed by atoms with Gasteiger partial charge < -0.3 is 15.8 Å². The Morgan fingerprint density at radius 3 is 2.62 bits per heavy atom. The third kappa shape index (κ3) is 3.01. The van der Waals surface area contributed by atoms with Gasteiger partial charge in [-0.2, -0.15) is 0 Å². The second kappa shape index (κ2) is 6.30. The van der Waals surface area contributed by atoms with Crippen LogP contribution in [0.2, 0.25) is 10.0 Å². The summed E-state index contributed by atoms with van der Waals surface area (Å²) in [7, 11) is 3.44. The minimum atomic E-state index is -0.122. The van der Waals surface area contributed by atoms with E-state index in [2.05, 4.69) is 5.32 Å². The van der Waals surface area contributed by atoms with Gasteiger partial charge in [0.1, 0.15) is 10.8 Å². The fourth-order valence-corrected chi connectivity index (χ4v) is 1.99. The average Bonchev–Trinajstić information content (AvgIpc) is 2.29. The van der Waals surface area contributed by atoms with E-state index in [4.69, 9.17) is 33.7 Å². The number of benzene rings is 1. The summed E-state index contributed by atoms with van der Waals surface area (Å²) in [6, 6.07) is 3.51. The van der Waals surface area contributed by atoms with Crippen LogP contribution in [0.25, 0.3) is 0 Å². The van der Waals surface area contributed by atoms with Crippen LogP contribution in [0.5, 0.6) is 5.75 Å². The lowest BCUT2D eigenvalue weighted by Gasteiger charge is -2.15. The standard InChI is InChI=1S/C11H16Cl2N2O/c1-15-6-5-8(14)7-3-4-9(16-2)11(13)10(7)12/h3-4,8,15H,5-6,14H2,1-2H3. The molecule has 0 saturated carbocycles. The van der Waals surface area contributed by atoms with Gasteiger partial charge in [-0.3, -0.25) is 0 Å². The lowest BCUT2D eigenvalue weighted by molar-refractivity contribution is 0.414. The fraction of sp³-hybridized carbons (Fsp3) is 0.455. The molecule has 1 rings (SSSR count). The molecule has 90 valence electrons. The quantitative estimate of drug-likeness (QED) is 0.858. The summed E-state index contributed by atoms with van der Waals surface area (Å²) in [5.41, 5.74) is 6.87. The zero-order valence-electron chi connectivity index (χ0n) is 9.39. The molecule has 5 heteroatoms. The summed E-state index contributed by atoms with van der Waals surface area (Å²) in [6.07, 6.45) is 0.804. The number of ether oxygens (including phenoxy) is 1. The van der Waals surface area contributed by atoms with E-state index in [1.807, 2.05) is 13.1 Å². The third-order valence-electron chi connectivity index (χ3n) is 2.40. The van der Waals surface area contributed by atoms with Gasteiger partial charge in [-0.25, -0.2) is 0 Å². The summed E-state index contributed by atoms with van der Waals surface area (Å²) in [5.74, 6) is 0.566. The Hall–Kier alpha value is -0.480. The van der Waals surface area contributed by atoms with Crippen LogP contribution in [-0.4, -0.2) is 20.7 Å². The molecular weight excluding hydrogens is 247 g/mol. The number of nitrogens with two attached hydrogens (primary N) is 1. The van der Waals surface area contributed by atoms with E-state index in [-0.39, 0.29) is 6.04 Å². The predicted molar refractivity (Wildman–Crippen MR) is 68.5 cm³/mol. The second-order valence-corrected chi connectivity index (χ2v) is 4.24. The highest BCUT2D eigenvalue weighted by Gasteiger charge is 2.15. The molecule has 1 aromatic rings. The summed E-state index contributed by atoms with van der Waals surface area (Å²) in [4.78, 5) is 0. The van der Waals surface area contributed by atoms with Crippen molar-refractivity contribution in [3.05, 3.63) is 27.7 Å². The molecule has 0 bridgehead atoms. The zero-order chi connectivity index (χ0) is 12.1. The van der Waals surface area contributed by atoms with E-state index in [1.54, 1.807) is 13.2 Å². The summed E-state index contributed by atoms with van der Waals surface area (Å²) in [6.45, 7) is 0.834. The molecule has 0 aromatic heterocycles. The average molecular weight is 263 g/mol. The van der Waals surface area contributed by atoms with Crippen molar-refractivity contribution in [3.63, 3.8) is 0 Å². The molecule has 3 nitrogen and oxygen atoms in total. The first kappa shape index (κ1) is 13.6. The van der Waals surface area contributed by atoms with E-state index in [9.17, 15) is 0 Å². The molecule has 0 aliphatic heterocycles. The van der Waals surface area contributed by atoms with Crippen LogP contribution in [0, 0.1) is 0 Å². The first-order chi connectivity index (χ1) is 7.61. The van der Waals surface area contributed by atoms with Gasteiger partial charge >= 0.3 is 0 Å². The topological polar surface area (TPSA) is 47.3 Å². The van der Waals surface area contributed by atoms with Crippen molar-refractivity contribution >= 4 is 23.2 Å². The molecular formula is C11H16Cl2N2O. The van der Waals surface area contributed by atoms with Gasteiger partial charge in [0.2, 0.25) is 0 Å². The SMILES string of the molecule is CNCCC(N)c1ccc(OC)c(Cl)c1Cl. The predicted octanol–water partition coefficient (Wildman–Crippen LogP) is 2.61. The van der Waals surface area contributed by atoms with Crippen LogP contribution in [0.15, 0.2) is 12.1 Å². The molecule has 0 saturated heterocycles. The van der Waals surface area contributed by atoms with Gasteiger partial charge in [0.25, 0.3) is 0 Å². The van der Waals surface area contributed by atoms with Gasteiger partial charge in [-0.1, -0.05) is 29.3 Å². The van der Waals surface area contributed by atoms with E-state index >= 15 is 0 Å². The normalized spacial score (nSPS) is 12.6. The zero-order valence-corrected chi connectivity index (χ0v) is 10.9. The number of nitrogens with one attached hydrogen (secondary N) is 1. The van der Waals surface area contributed by atoms with Gasteiger partial charge in [0, 0.05) is 6.04 Å². The number of halogens is 2. The highest BCUT2D eigenvalue weighted by molar-refractivity contribution is 6.43. The van der Waals surface area contributed by atoms with Gasteiger partial charge in [0.05, 0.1) is 12.1 Å². The van der Waals surface area contributed by atoms with Crippen LogP contribution in [0.4, 0.5) is 0 Å². The van der Waals surface area contributed by atoms with E-state index in [0.717, 1.165) is 18.5 Å². The lowest BCUT2D eigenvalue weighted by atomic mass is 10.0. The monoisotopic (exact) mass is 262 g/mol. The van der Waals surface area contributed by atoms with Crippen LogP contribution in [0.1, 0.15) is 18.0 Å². The Morgan fingerprint density at radius 1 is 1.38 bits per heavy atom. The van der Waals surface area contributed by atoms with E-state index in [0.29, 0.717) is 15.8 Å². The molecule has 0 radical (unpaired) electrons. The van der Waals surface area contributed by atoms with Crippen LogP contribution in [0.3, 0.4) is 0 Å². The molecule has 16 heavy (non-hydrogen) atoms. The summed E-state index contributed by atoms with van der Waals surface area (Å²) >= 11 is 12.2. The first-order valence-electron chi connectivity index (χ1n) is 5.03. The molecule has 0 fully saturated rings. The molecule has 0 aliphatic rings. The third-order valence-corrected chi connectivity index (χ3v) is 3.28. The van der Waals surface area contributed by atoms with Gasteiger partial charge in [-0.15, -0.1) is 0 Å². The van der Waals surface area contributed by atoms with Crippen LogP contribution in [-0.2, 0) is 0 Å². The number of hydrogen-bond acceptors (Lipinski definition) is 3. The number of hydrogen-bond donors (Lipinski definition) is 2. The van der Waals surface area contributed by atoms with Crippen molar-refractivity contribution < 1.29 is 4.74 Å². The molecule has 3 N–H and O–H groups in total. The maximum atomic E-state index is 6.14. The smallest absolute Gasteiger partial charge is 0.139 e. The Labute approximate surface area is 106 Å². The van der Waals surface area contributed by atoms with Crippen molar-refractivity contribution in [3.8, 4) is 5.75 Å². The highest BCUT2D eigenvalue weighted by atomic mass is 35.5. The molecule has 1 aromatic carbocycles. The number of methoxy groups -OCH3 is 1. The second-order valence-electron chi connectivity index (χ2n) is 3.48. The van der Waals surface area contributed by atoms with Crippen molar-refractivity contribution in [2.24, 2.45) is 5.73 Å². The molecule has 0 aliphatic carbocycles. The molecule has 0 heterocycles. The van der Waals surface area contributed by atoms with Crippen molar-refractivity contribution in [2.45, 2.75) is 12.5 Å². The molecule has 1 atom stereocenters. The Balaban J connectivity index is 2.93. The van der Waals surface area contributed by atoms with Crippen molar-refractivity contribution in [1.29, 1.82) is 0 Å². The summed E-state index contributed by atoms with van der Waals surface area (Å²) < 4.78 is 5.07. The van der Waals surface area contributed by atoms with Crippen LogP contribution >= 0.6 is 23.2 Å². The largest absolute Gasteiger partial charge is 0.495 e. The first-order valence-corrected chi connectivity index (χ1v) is 5.79. The molecule has 0 spiro atoms. The summed E-state index contributed by atoms with van der Waals surface area (Å²) in [5, 5.41) is 3.94. The maximum Gasteiger partial charge on any atom is 0.139 e. The minimum Gasteiger partial charge on any atom is -0.495 e. The van der Waals surface area contributed by atoms with E-state index < -0.39 is 0 Å². The van der Waals surface area contributed by atoms with Crippen molar-refractivity contribution in [2.75, 3.05) is 20.7 Å². The lowest BCUT2D eigenvalue weighted by Crippen LogP contribution is -2.18. The molecule has 0 amide bonds. The Bertz CT molecular complexity index is 358. The molecule has 1 unspecified atom stereocenters.